The highest BCUT2D eigenvalue weighted by Crippen LogP contribution is 2.37. The molecular formula is C23H19FN2O3. The van der Waals surface area contributed by atoms with Crippen LogP contribution in [0.5, 0.6) is 5.75 Å². The van der Waals surface area contributed by atoms with E-state index >= 15 is 0 Å². The minimum Gasteiger partial charge on any atom is -0.497 e. The molecule has 0 fully saturated rings. The van der Waals surface area contributed by atoms with Crippen molar-refractivity contribution < 1.29 is 18.7 Å². The minimum absolute atomic E-state index is 0.129. The molecular weight excluding hydrogens is 371 g/mol. The molecule has 0 spiro atoms. The zero-order chi connectivity index (χ0) is 20.5. The minimum atomic E-state index is -0.567. The zero-order valence-electron chi connectivity index (χ0n) is 16.0. The second-order valence-electron chi connectivity index (χ2n) is 6.86. The van der Waals surface area contributed by atoms with E-state index in [0.717, 1.165) is 17.2 Å². The molecule has 1 atom stereocenters. The fourth-order valence-electron chi connectivity index (χ4n) is 3.61. The third-order valence-electron chi connectivity index (χ3n) is 5.03. The lowest BCUT2D eigenvalue weighted by Crippen LogP contribution is -2.21. The molecule has 0 saturated carbocycles. The first-order chi connectivity index (χ1) is 14.0. The molecule has 1 aliphatic rings. The number of rotatable bonds is 4. The number of hydrogen-bond donors (Lipinski definition) is 2. The SMILES string of the molecule is COc1cc(F)cc(C(=O)Nc2cccc3c2C(c2ccccc2C)NC3=O)c1. The van der Waals surface area contributed by atoms with Crippen LogP contribution in [0.15, 0.2) is 60.7 Å². The van der Waals surface area contributed by atoms with Gasteiger partial charge in [0.2, 0.25) is 0 Å². The predicted octanol–water partition coefficient (Wildman–Crippen LogP) is 4.23. The highest BCUT2D eigenvalue weighted by molar-refractivity contribution is 6.08. The molecule has 1 unspecified atom stereocenters. The molecule has 0 aromatic heterocycles. The van der Waals surface area contributed by atoms with Gasteiger partial charge in [0.05, 0.1) is 13.2 Å². The van der Waals surface area contributed by atoms with E-state index in [9.17, 15) is 14.0 Å². The van der Waals surface area contributed by atoms with Crippen molar-refractivity contribution in [2.45, 2.75) is 13.0 Å². The lowest BCUT2D eigenvalue weighted by Gasteiger charge is -2.18. The van der Waals surface area contributed by atoms with Crippen molar-refractivity contribution in [3.8, 4) is 5.75 Å². The van der Waals surface area contributed by atoms with Crippen LogP contribution in [-0.4, -0.2) is 18.9 Å². The van der Waals surface area contributed by atoms with Gasteiger partial charge in [-0.3, -0.25) is 9.59 Å². The highest BCUT2D eigenvalue weighted by atomic mass is 19.1. The fourth-order valence-corrected chi connectivity index (χ4v) is 3.61. The third-order valence-corrected chi connectivity index (χ3v) is 5.03. The molecule has 2 amide bonds. The van der Waals surface area contributed by atoms with Gasteiger partial charge in [-0.2, -0.15) is 0 Å². The first-order valence-corrected chi connectivity index (χ1v) is 9.13. The van der Waals surface area contributed by atoms with Crippen LogP contribution in [-0.2, 0) is 0 Å². The maximum atomic E-state index is 13.8. The number of benzene rings is 3. The van der Waals surface area contributed by atoms with Gasteiger partial charge < -0.3 is 15.4 Å². The van der Waals surface area contributed by atoms with Crippen molar-refractivity contribution in [3.05, 3.63) is 94.3 Å². The van der Waals surface area contributed by atoms with Gasteiger partial charge in [-0.1, -0.05) is 30.3 Å². The van der Waals surface area contributed by atoms with E-state index in [4.69, 9.17) is 4.74 Å². The smallest absolute Gasteiger partial charge is 0.255 e. The summed E-state index contributed by atoms with van der Waals surface area (Å²) in [6.07, 6.45) is 0. The van der Waals surface area contributed by atoms with E-state index < -0.39 is 11.7 Å². The quantitative estimate of drug-likeness (QED) is 0.701. The van der Waals surface area contributed by atoms with Crippen LogP contribution in [0.1, 0.15) is 43.4 Å². The molecule has 1 aliphatic heterocycles. The predicted molar refractivity (Wildman–Crippen MR) is 108 cm³/mol. The molecule has 1 heterocycles. The Balaban J connectivity index is 1.74. The van der Waals surface area contributed by atoms with E-state index in [2.05, 4.69) is 10.6 Å². The average Bonchev–Trinajstić information content (AvgIpc) is 3.05. The summed E-state index contributed by atoms with van der Waals surface area (Å²) in [5.74, 6) is -0.999. The van der Waals surface area contributed by atoms with E-state index in [1.165, 1.54) is 19.2 Å². The fraction of sp³-hybridized carbons (Fsp3) is 0.130. The first kappa shape index (κ1) is 18.7. The average molecular weight is 390 g/mol. The standard InChI is InChI=1S/C23H19FN2O3/c1-13-6-3-4-7-17(13)21-20-18(23(28)26-21)8-5-9-19(20)25-22(27)14-10-15(24)12-16(11-14)29-2/h3-12,21H,1-2H3,(H,25,27)(H,26,28). The largest absolute Gasteiger partial charge is 0.497 e. The summed E-state index contributed by atoms with van der Waals surface area (Å²) in [6.45, 7) is 1.97. The molecule has 146 valence electrons. The van der Waals surface area contributed by atoms with Crippen molar-refractivity contribution in [3.63, 3.8) is 0 Å². The van der Waals surface area contributed by atoms with Crippen LogP contribution >= 0.6 is 0 Å². The Labute approximate surface area is 167 Å². The summed E-state index contributed by atoms with van der Waals surface area (Å²) in [7, 11) is 1.41. The molecule has 3 aromatic carbocycles. The molecule has 6 heteroatoms. The van der Waals surface area contributed by atoms with Crippen molar-refractivity contribution in [2.75, 3.05) is 12.4 Å². The Morgan fingerprint density at radius 3 is 2.66 bits per heavy atom. The molecule has 29 heavy (non-hydrogen) atoms. The van der Waals surface area contributed by atoms with Crippen LogP contribution in [0.2, 0.25) is 0 Å². The molecule has 3 aromatic rings. The van der Waals surface area contributed by atoms with Crippen LogP contribution in [0, 0.1) is 12.7 Å². The van der Waals surface area contributed by atoms with E-state index in [1.54, 1.807) is 18.2 Å². The van der Waals surface area contributed by atoms with Gasteiger partial charge in [0, 0.05) is 28.4 Å². The van der Waals surface area contributed by atoms with Gasteiger partial charge in [-0.25, -0.2) is 4.39 Å². The van der Waals surface area contributed by atoms with Crippen LogP contribution in [0.4, 0.5) is 10.1 Å². The number of amides is 2. The number of aryl methyl sites for hydroxylation is 1. The number of nitrogens with one attached hydrogen (secondary N) is 2. The molecule has 0 saturated heterocycles. The van der Waals surface area contributed by atoms with Crippen molar-refractivity contribution in [1.29, 1.82) is 0 Å². The number of hydrogen-bond acceptors (Lipinski definition) is 3. The van der Waals surface area contributed by atoms with Gasteiger partial charge in [0.15, 0.2) is 0 Å². The van der Waals surface area contributed by atoms with Gasteiger partial charge in [0.1, 0.15) is 11.6 Å². The first-order valence-electron chi connectivity index (χ1n) is 9.13. The van der Waals surface area contributed by atoms with Crippen molar-refractivity contribution >= 4 is 17.5 Å². The Kier molecular flexibility index (Phi) is 4.76. The van der Waals surface area contributed by atoms with Gasteiger partial charge in [-0.15, -0.1) is 0 Å². The van der Waals surface area contributed by atoms with E-state index in [1.807, 2.05) is 31.2 Å². The van der Waals surface area contributed by atoms with Crippen molar-refractivity contribution in [2.24, 2.45) is 0 Å². The van der Waals surface area contributed by atoms with Crippen LogP contribution in [0.25, 0.3) is 0 Å². The second-order valence-corrected chi connectivity index (χ2v) is 6.86. The Morgan fingerprint density at radius 1 is 1.10 bits per heavy atom. The highest BCUT2D eigenvalue weighted by Gasteiger charge is 2.33. The summed E-state index contributed by atoms with van der Waals surface area (Å²) in [6, 6.07) is 16.4. The normalized spacial score (nSPS) is 14.9. The number of carbonyl (C=O) groups is 2. The van der Waals surface area contributed by atoms with Crippen LogP contribution < -0.4 is 15.4 Å². The summed E-state index contributed by atoms with van der Waals surface area (Å²) in [4.78, 5) is 25.3. The molecule has 4 rings (SSSR count). The number of carbonyl (C=O) groups excluding carboxylic acids is 2. The number of anilines is 1. The molecule has 0 bridgehead atoms. The lowest BCUT2D eigenvalue weighted by molar-refractivity contribution is 0.0959. The summed E-state index contributed by atoms with van der Waals surface area (Å²) in [5, 5.41) is 5.81. The number of halogens is 1. The zero-order valence-corrected chi connectivity index (χ0v) is 16.0. The number of fused-ring (bicyclic) bond motifs is 1. The molecule has 5 nitrogen and oxygen atoms in total. The van der Waals surface area contributed by atoms with Gasteiger partial charge in [0.25, 0.3) is 11.8 Å². The summed E-state index contributed by atoms with van der Waals surface area (Å²) in [5.41, 5.74) is 3.82. The van der Waals surface area contributed by atoms with Crippen LogP contribution in [0.3, 0.4) is 0 Å². The summed E-state index contributed by atoms with van der Waals surface area (Å²) < 4.78 is 18.8. The number of ether oxygens (including phenoxy) is 1. The topological polar surface area (TPSA) is 67.4 Å². The Hall–Kier alpha value is -3.67. The maximum Gasteiger partial charge on any atom is 0.255 e. The van der Waals surface area contributed by atoms with E-state index in [-0.39, 0.29) is 23.3 Å². The maximum absolute atomic E-state index is 13.8. The van der Waals surface area contributed by atoms with Gasteiger partial charge in [-0.05, 0) is 42.3 Å². The van der Waals surface area contributed by atoms with E-state index in [0.29, 0.717) is 16.8 Å². The Morgan fingerprint density at radius 2 is 1.90 bits per heavy atom. The molecule has 2 N–H and O–H groups in total. The van der Waals surface area contributed by atoms with Crippen molar-refractivity contribution in [1.82, 2.24) is 5.32 Å². The lowest BCUT2D eigenvalue weighted by atomic mass is 9.93. The third kappa shape index (κ3) is 3.45. The second kappa shape index (κ2) is 7.39. The number of methoxy groups -OCH3 is 1. The summed E-state index contributed by atoms with van der Waals surface area (Å²) >= 11 is 0. The molecule has 0 aliphatic carbocycles. The molecule has 0 radical (unpaired) electrons. The Bertz CT molecular complexity index is 1130. The van der Waals surface area contributed by atoms with Gasteiger partial charge >= 0.3 is 0 Å². The monoisotopic (exact) mass is 390 g/mol.